The summed E-state index contributed by atoms with van der Waals surface area (Å²) in [5, 5.41) is 0. The van der Waals surface area contributed by atoms with Crippen LogP contribution in [0.4, 0.5) is 8.78 Å². The fourth-order valence-corrected chi connectivity index (χ4v) is 3.84. The van der Waals surface area contributed by atoms with E-state index >= 15 is 0 Å². The number of rotatable bonds is 7. The van der Waals surface area contributed by atoms with E-state index in [9.17, 15) is 18.1 Å². The fraction of sp³-hybridized carbons (Fsp3) is 0.417. The van der Waals surface area contributed by atoms with Gasteiger partial charge >= 0.3 is 13.6 Å². The van der Waals surface area contributed by atoms with Crippen LogP contribution in [-0.4, -0.2) is 36.4 Å². The lowest BCUT2D eigenvalue weighted by atomic mass is 10.3. The molecule has 1 aromatic carbocycles. The highest BCUT2D eigenvalue weighted by Gasteiger charge is 2.51. The van der Waals surface area contributed by atoms with Crippen molar-refractivity contribution in [2.45, 2.75) is 9.64 Å². The predicted octanol–water partition coefficient (Wildman–Crippen LogP) is 4.07. The molecule has 0 aliphatic carbocycles. The van der Waals surface area contributed by atoms with Gasteiger partial charge in [0, 0.05) is 32.4 Å². The maximum atomic E-state index is 13.0. The Bertz CT molecular complexity index is 611. The minimum Gasteiger partial charge on any atom is -0.482 e. The van der Waals surface area contributed by atoms with Crippen molar-refractivity contribution < 1.29 is 36.7 Å². The normalized spacial score (nSPS) is 13.5. The van der Waals surface area contributed by atoms with Gasteiger partial charge in [-0.15, -0.1) is 0 Å². The van der Waals surface area contributed by atoms with E-state index in [2.05, 4.69) is 9.05 Å². The summed E-state index contributed by atoms with van der Waals surface area (Å²) in [6.07, 6.45) is 0. The number of ether oxygens (including phenoxy) is 2. The smallest absolute Gasteiger partial charge is 0.374 e. The summed E-state index contributed by atoms with van der Waals surface area (Å²) in [7, 11) is -2.08. The number of benzene rings is 1. The molecule has 0 saturated carbocycles. The topological polar surface area (TPSA) is 71.1 Å². The standard InChI is InChI=1S/C12H12Cl3F2O6P/c1-20-24(19,21-2)11(12(13,14)15)23-10(18)6-22-9-4-7(16)3-8(17)5-9/h3-5,11H,6H2,1-2H3. The molecule has 0 bridgehead atoms. The van der Waals surface area contributed by atoms with Crippen LogP contribution >= 0.6 is 42.4 Å². The third-order valence-electron chi connectivity index (χ3n) is 2.51. The van der Waals surface area contributed by atoms with Gasteiger partial charge in [-0.2, -0.15) is 0 Å². The molecular formula is C12H12Cl3F2O6P. The minimum atomic E-state index is -4.09. The Morgan fingerprint density at radius 3 is 2.08 bits per heavy atom. The highest BCUT2D eigenvalue weighted by atomic mass is 35.6. The van der Waals surface area contributed by atoms with Gasteiger partial charge in [0.15, 0.2) is 6.61 Å². The van der Waals surface area contributed by atoms with Crippen molar-refractivity contribution in [3.63, 3.8) is 0 Å². The average Bonchev–Trinajstić information content (AvgIpc) is 2.48. The van der Waals surface area contributed by atoms with Crippen molar-refractivity contribution in [3.8, 4) is 5.75 Å². The maximum absolute atomic E-state index is 13.0. The molecule has 0 fully saturated rings. The molecular weight excluding hydrogens is 415 g/mol. The molecule has 6 nitrogen and oxygen atoms in total. The van der Waals surface area contributed by atoms with Gasteiger partial charge in [0.05, 0.1) is 0 Å². The van der Waals surface area contributed by atoms with Crippen LogP contribution in [0.3, 0.4) is 0 Å². The summed E-state index contributed by atoms with van der Waals surface area (Å²) in [6, 6.07) is 2.31. The van der Waals surface area contributed by atoms with E-state index in [1.165, 1.54) is 0 Å². The van der Waals surface area contributed by atoms with E-state index in [0.717, 1.165) is 26.4 Å². The molecule has 24 heavy (non-hydrogen) atoms. The van der Waals surface area contributed by atoms with E-state index < -0.39 is 41.4 Å². The zero-order chi connectivity index (χ0) is 18.5. The zero-order valence-electron chi connectivity index (χ0n) is 12.3. The van der Waals surface area contributed by atoms with Gasteiger partial charge in [-0.05, 0) is 0 Å². The summed E-state index contributed by atoms with van der Waals surface area (Å²) in [4.78, 5) is 11.8. The Labute approximate surface area is 151 Å². The minimum absolute atomic E-state index is 0.267. The SMILES string of the molecule is COP(=O)(OC)C(OC(=O)COc1cc(F)cc(F)c1)C(Cl)(Cl)Cl. The number of halogens is 5. The molecule has 1 atom stereocenters. The predicted molar refractivity (Wildman–Crippen MR) is 83.6 cm³/mol. The highest BCUT2D eigenvalue weighted by Crippen LogP contribution is 2.59. The molecule has 0 N–H and O–H groups in total. The third kappa shape index (κ3) is 6.02. The van der Waals surface area contributed by atoms with Crippen LogP contribution in [0, 0.1) is 11.6 Å². The molecule has 1 aromatic rings. The van der Waals surface area contributed by atoms with E-state index in [0.29, 0.717) is 6.07 Å². The van der Waals surface area contributed by atoms with Gasteiger partial charge in [0.1, 0.15) is 17.4 Å². The summed E-state index contributed by atoms with van der Waals surface area (Å²) in [5.41, 5.74) is 0. The van der Waals surface area contributed by atoms with Crippen molar-refractivity contribution in [2.75, 3.05) is 20.8 Å². The number of carbonyl (C=O) groups excluding carboxylic acids is 1. The van der Waals surface area contributed by atoms with E-state index in [4.69, 9.17) is 44.3 Å². The monoisotopic (exact) mass is 426 g/mol. The van der Waals surface area contributed by atoms with Gasteiger partial charge in [-0.3, -0.25) is 4.57 Å². The molecule has 136 valence electrons. The molecule has 1 rings (SSSR count). The van der Waals surface area contributed by atoms with Crippen LogP contribution in [0.15, 0.2) is 18.2 Å². The first-order valence-electron chi connectivity index (χ1n) is 6.08. The van der Waals surface area contributed by atoms with Crippen molar-refractivity contribution in [2.24, 2.45) is 0 Å². The molecule has 0 radical (unpaired) electrons. The molecule has 0 saturated heterocycles. The number of hydrogen-bond acceptors (Lipinski definition) is 6. The number of hydrogen-bond donors (Lipinski definition) is 0. The third-order valence-corrected chi connectivity index (χ3v) is 5.65. The summed E-state index contributed by atoms with van der Waals surface area (Å²) < 4.78 is 54.9. The summed E-state index contributed by atoms with van der Waals surface area (Å²) in [5.74, 6) is -5.09. The largest absolute Gasteiger partial charge is 0.482 e. The quantitative estimate of drug-likeness (QED) is 0.371. The van der Waals surface area contributed by atoms with Crippen LogP contribution in [0.25, 0.3) is 0 Å². The summed E-state index contributed by atoms with van der Waals surface area (Å²) in [6.45, 7) is -0.798. The first-order chi connectivity index (χ1) is 11.0. The lowest BCUT2D eigenvalue weighted by Crippen LogP contribution is -2.34. The van der Waals surface area contributed by atoms with Crippen LogP contribution in [0.2, 0.25) is 0 Å². The van der Waals surface area contributed by atoms with Crippen LogP contribution in [-0.2, 0) is 23.1 Å². The Morgan fingerprint density at radius 1 is 1.17 bits per heavy atom. The highest BCUT2D eigenvalue weighted by molar-refractivity contribution is 7.55. The second kappa shape index (κ2) is 8.65. The van der Waals surface area contributed by atoms with Crippen LogP contribution in [0.1, 0.15) is 0 Å². The second-order valence-corrected chi connectivity index (χ2v) is 8.83. The molecule has 0 spiro atoms. The Kier molecular flexibility index (Phi) is 7.72. The Morgan fingerprint density at radius 2 is 1.67 bits per heavy atom. The van der Waals surface area contributed by atoms with Crippen LogP contribution in [0.5, 0.6) is 5.75 Å². The number of alkyl halides is 3. The van der Waals surface area contributed by atoms with Crippen molar-refractivity contribution in [1.29, 1.82) is 0 Å². The molecule has 0 amide bonds. The summed E-state index contributed by atoms with van der Waals surface area (Å²) >= 11 is 16.9. The Hall–Kier alpha value is -0.630. The van der Waals surface area contributed by atoms with Crippen molar-refractivity contribution in [3.05, 3.63) is 29.8 Å². The first kappa shape index (κ1) is 21.4. The van der Waals surface area contributed by atoms with E-state index in [1.54, 1.807) is 0 Å². The molecule has 12 heteroatoms. The lowest BCUT2D eigenvalue weighted by molar-refractivity contribution is -0.148. The number of esters is 1. The fourth-order valence-electron chi connectivity index (χ4n) is 1.49. The lowest BCUT2D eigenvalue weighted by Gasteiger charge is -2.28. The van der Waals surface area contributed by atoms with E-state index in [1.807, 2.05) is 0 Å². The molecule has 0 aliphatic heterocycles. The average molecular weight is 428 g/mol. The van der Waals surface area contributed by atoms with Gasteiger partial charge in [-0.25, -0.2) is 13.6 Å². The van der Waals surface area contributed by atoms with Gasteiger partial charge in [0.2, 0.25) is 9.64 Å². The number of carbonyl (C=O) groups is 1. The van der Waals surface area contributed by atoms with Gasteiger partial charge in [-0.1, -0.05) is 34.8 Å². The van der Waals surface area contributed by atoms with Gasteiger partial charge in [0.25, 0.3) is 0 Å². The molecule has 0 aliphatic rings. The Balaban J connectivity index is 2.81. The van der Waals surface area contributed by atoms with E-state index in [-0.39, 0.29) is 5.75 Å². The molecule has 0 heterocycles. The van der Waals surface area contributed by atoms with Crippen molar-refractivity contribution >= 4 is 48.4 Å². The molecule has 1 unspecified atom stereocenters. The van der Waals surface area contributed by atoms with Gasteiger partial charge < -0.3 is 18.5 Å². The maximum Gasteiger partial charge on any atom is 0.374 e. The second-order valence-electron chi connectivity index (χ2n) is 4.18. The first-order valence-corrected chi connectivity index (χ1v) is 8.82. The molecule has 0 aromatic heterocycles. The van der Waals surface area contributed by atoms with Crippen molar-refractivity contribution in [1.82, 2.24) is 0 Å². The zero-order valence-corrected chi connectivity index (χ0v) is 15.5. The van der Waals surface area contributed by atoms with Crippen LogP contribution < -0.4 is 4.74 Å².